The van der Waals surface area contributed by atoms with Gasteiger partial charge in [-0.3, -0.25) is 43.2 Å². The third-order valence-electron chi connectivity index (χ3n) is 17.7. The number of carbonyl (C=O) groups excluding carboxylic acids is 15. The lowest BCUT2D eigenvalue weighted by atomic mass is 10.00. The van der Waals surface area contributed by atoms with Crippen molar-refractivity contribution < 1.29 is 119 Å². The number of hydrogen-bond donors (Lipinski definition) is 17. The van der Waals surface area contributed by atoms with E-state index in [-0.39, 0.29) is 56.8 Å². The van der Waals surface area contributed by atoms with Crippen LogP contribution in [0.2, 0.25) is 0 Å². The average molecular weight is 1770 g/mol. The molecule has 12 atom stereocenters. The van der Waals surface area contributed by atoms with E-state index in [1.807, 2.05) is 0 Å². The molecule has 0 aromatic heterocycles. The zero-order valence-corrected chi connectivity index (χ0v) is 74.8. The molecule has 0 radical (unpaired) electrons. The largest absolute Gasteiger partial charge is 0.448 e. The lowest BCUT2D eigenvalue weighted by Gasteiger charge is -2.29. The standard InChI is InChI=1S/C85H129F2N15O23/c1-47(2)42-60-70(109)97-58(33-39-91-78(117)123-83(11,12)13)68(107)96-59(34-40-92-79(118)124-84(14,15)16)69(108)101-64(48(3)103)73(112)88-36-30-53(46-94-56(31-37-89-76(115)121-81(5,6)7)66(105)100-61(71(110)99-60)43-50-26-22-20-23-27-50)95-67(106)57(32-38-90-77(116)122-82(8,9)10)98-74(113)65(49(4)104)102-72(111)62(35-41-93-80(119)125-85(17,18)19)120-75(114)63-54(86)44-52(45-55(63)87)51-28-24-21-25-29-51/h20-29,44-45,47-49,53,56-62,64-65,94,103-104H,30-43,46H2,1-19H3,(H,88,112)(H,89,115)(H,90,116)(H,91,117)(H,92,118)(H,93,119)(H,95,106)(H,96,107)(H,97,109)(H,98,113)(H,99,110)(H,100,105)(H,101,108)(H,102,111)/t48?,49?,53-,56-,57-,58-,59-,60-,61+,62-,64-,65-/m0/s1. The van der Waals surface area contributed by atoms with Crippen LogP contribution in [0.15, 0.2) is 72.8 Å². The van der Waals surface area contributed by atoms with Gasteiger partial charge >= 0.3 is 36.4 Å². The molecule has 0 aliphatic carbocycles. The summed E-state index contributed by atoms with van der Waals surface area (Å²) in [6.45, 7) is 26.4. The van der Waals surface area contributed by atoms with E-state index in [0.29, 0.717) is 11.1 Å². The predicted octanol–water partition coefficient (Wildman–Crippen LogP) is 4.14. The van der Waals surface area contributed by atoms with Gasteiger partial charge in [0.15, 0.2) is 6.10 Å². The molecule has 1 heterocycles. The molecule has 2 unspecified atom stereocenters. The van der Waals surface area contributed by atoms with E-state index in [1.54, 1.807) is 178 Å². The Bertz CT molecular complexity index is 4120. The Balaban J connectivity index is 1.94. The Kier molecular flexibility index (Phi) is 41.7. The summed E-state index contributed by atoms with van der Waals surface area (Å²) in [5, 5.41) is 61.4. The number of alkyl carbamates (subject to hydrolysis) is 5. The molecule has 4 rings (SSSR count). The molecule has 14 amide bonds. The smallest absolute Gasteiger partial charge is 0.407 e. The van der Waals surface area contributed by atoms with Gasteiger partial charge in [0, 0.05) is 64.7 Å². The zero-order valence-electron chi connectivity index (χ0n) is 74.8. The van der Waals surface area contributed by atoms with E-state index in [2.05, 4.69) is 79.8 Å². The number of nitrogens with one attached hydrogen (secondary N) is 15. The first-order valence-corrected chi connectivity index (χ1v) is 41.5. The first kappa shape index (κ1) is 106. The second-order valence-electron chi connectivity index (χ2n) is 35.5. The molecular weight excluding hydrogens is 1640 g/mol. The summed E-state index contributed by atoms with van der Waals surface area (Å²) in [7, 11) is 0. The van der Waals surface area contributed by atoms with Crippen LogP contribution in [0.25, 0.3) is 11.1 Å². The fourth-order valence-electron chi connectivity index (χ4n) is 12.0. The quantitative estimate of drug-likeness (QED) is 0.0329. The number of aliphatic hydroxyl groups is 2. The topological polar surface area (TPSA) is 532 Å². The van der Waals surface area contributed by atoms with Crippen molar-refractivity contribution in [2.75, 3.05) is 45.8 Å². The Morgan fingerprint density at radius 2 is 0.864 bits per heavy atom. The summed E-state index contributed by atoms with van der Waals surface area (Å²) in [6, 6.07) is 2.91. The van der Waals surface area contributed by atoms with Crippen LogP contribution in [0.3, 0.4) is 0 Å². The highest BCUT2D eigenvalue weighted by Gasteiger charge is 2.39. The molecule has 1 aliphatic heterocycles. The van der Waals surface area contributed by atoms with E-state index < -0.39 is 259 Å². The summed E-state index contributed by atoms with van der Waals surface area (Å²) in [6.07, 6.45) is -13.6. The number of rotatable bonds is 30. The van der Waals surface area contributed by atoms with Crippen LogP contribution in [0.1, 0.15) is 192 Å². The van der Waals surface area contributed by atoms with Crippen molar-refractivity contribution in [1.82, 2.24) is 79.8 Å². The minimum Gasteiger partial charge on any atom is -0.448 e. The van der Waals surface area contributed by atoms with E-state index in [0.717, 1.165) is 26.0 Å². The van der Waals surface area contributed by atoms with E-state index >= 15 is 23.2 Å². The number of amides is 14. The lowest BCUT2D eigenvalue weighted by Crippen LogP contribution is -2.61. The summed E-state index contributed by atoms with van der Waals surface area (Å²) in [5.74, 6) is -14.8. The van der Waals surface area contributed by atoms with Crippen molar-refractivity contribution in [2.45, 2.75) is 284 Å². The number of hydrogen-bond acceptors (Lipinski definition) is 24. The molecule has 1 saturated heterocycles. The third kappa shape index (κ3) is 41.2. The maximum atomic E-state index is 15.9. The second-order valence-corrected chi connectivity index (χ2v) is 35.5. The number of aliphatic hydroxyl groups excluding tert-OH is 2. The van der Waals surface area contributed by atoms with Gasteiger partial charge in [-0.1, -0.05) is 74.5 Å². The van der Waals surface area contributed by atoms with Crippen LogP contribution in [-0.4, -0.2) is 246 Å². The summed E-state index contributed by atoms with van der Waals surface area (Å²) >= 11 is 0. The minimum atomic E-state index is -2.13. The normalized spacial score (nSPS) is 19.4. The van der Waals surface area contributed by atoms with Gasteiger partial charge in [0.05, 0.1) is 18.2 Å². The molecule has 1 aliphatic rings. The average Bonchev–Trinajstić information content (AvgIpc) is 0.900. The predicted molar refractivity (Wildman–Crippen MR) is 453 cm³/mol. The van der Waals surface area contributed by atoms with Crippen molar-refractivity contribution in [1.29, 1.82) is 0 Å². The molecule has 1 fully saturated rings. The van der Waals surface area contributed by atoms with Crippen LogP contribution < -0.4 is 79.8 Å². The highest BCUT2D eigenvalue weighted by atomic mass is 19.1. The fourth-order valence-corrected chi connectivity index (χ4v) is 12.0. The van der Waals surface area contributed by atoms with Gasteiger partial charge < -0.3 is 118 Å². The molecular formula is C85H129F2N15O23. The SMILES string of the molecule is CC(C)C[C@@H]1NC(=O)[C@@H](Cc2ccccc2)NC(=O)[C@H](CCNC(=O)OC(C)(C)C)NC[C@@H](NC(=O)[C@H](CCNC(=O)OC(C)(C)C)NC(=O)[C@@H](NC(=O)[C@H](CCNC(=O)OC(C)(C)C)OC(=O)c2c(F)cc(-c3ccccc3)cc2F)C(C)O)CCNC(=O)[C@H](C(C)O)NC(=O)[C@H](CCNC(=O)OC(C)(C)C)NC(=O)[C@H](CCNC(=O)OC(C)(C)C)NC1=O. The first-order valence-electron chi connectivity index (χ1n) is 41.5. The molecule has 125 heavy (non-hydrogen) atoms. The zero-order chi connectivity index (χ0) is 94.1. The highest BCUT2D eigenvalue weighted by Crippen LogP contribution is 2.26. The summed E-state index contributed by atoms with van der Waals surface area (Å²) < 4.78 is 64.3. The van der Waals surface area contributed by atoms with Gasteiger partial charge in [0.25, 0.3) is 5.91 Å². The van der Waals surface area contributed by atoms with Crippen molar-refractivity contribution in [3.8, 4) is 11.1 Å². The maximum Gasteiger partial charge on any atom is 0.407 e. The van der Waals surface area contributed by atoms with Crippen LogP contribution in [-0.2, 0) is 78.0 Å². The number of halogens is 2. The maximum absolute atomic E-state index is 15.9. The third-order valence-corrected chi connectivity index (χ3v) is 17.7. The van der Waals surface area contributed by atoms with E-state index in [9.17, 15) is 67.7 Å². The van der Waals surface area contributed by atoms with Crippen molar-refractivity contribution in [2.24, 2.45) is 5.92 Å². The number of benzene rings is 3. The summed E-state index contributed by atoms with van der Waals surface area (Å²) in [5.41, 5.74) is -5.39. The highest BCUT2D eigenvalue weighted by molar-refractivity contribution is 5.98. The Morgan fingerprint density at radius 1 is 0.464 bits per heavy atom. The second kappa shape index (κ2) is 49.2. The van der Waals surface area contributed by atoms with Crippen molar-refractivity contribution in [3.05, 3.63) is 95.6 Å². The molecule has 0 spiro atoms. The number of ether oxygens (including phenoxy) is 6. The molecule has 38 nitrogen and oxygen atoms in total. The van der Waals surface area contributed by atoms with Crippen LogP contribution in [0.5, 0.6) is 0 Å². The molecule has 3 aromatic carbocycles. The first-order chi connectivity index (χ1) is 58.1. The molecule has 3 aromatic rings. The van der Waals surface area contributed by atoms with Gasteiger partial charge in [-0.15, -0.1) is 0 Å². The minimum absolute atomic E-state index is 0.0298. The van der Waals surface area contributed by atoms with Crippen LogP contribution >= 0.6 is 0 Å². The van der Waals surface area contributed by atoms with E-state index in [1.165, 1.54) is 0 Å². The lowest BCUT2D eigenvalue weighted by molar-refractivity contribution is -0.138. The van der Waals surface area contributed by atoms with Gasteiger partial charge in [-0.05, 0) is 191 Å². The van der Waals surface area contributed by atoms with Crippen molar-refractivity contribution in [3.63, 3.8) is 0 Å². The molecule has 0 bridgehead atoms. The van der Waals surface area contributed by atoms with Crippen LogP contribution in [0.4, 0.5) is 32.8 Å². The monoisotopic (exact) mass is 1770 g/mol. The Hall–Kier alpha value is -11.5. The molecule has 0 saturated carbocycles. The molecule has 696 valence electrons. The Labute approximate surface area is 727 Å². The van der Waals surface area contributed by atoms with Gasteiger partial charge in [0.1, 0.15) is 87.5 Å². The van der Waals surface area contributed by atoms with Crippen LogP contribution in [0, 0.1) is 17.6 Å². The van der Waals surface area contributed by atoms with E-state index in [4.69, 9.17) is 28.4 Å². The molecule has 40 heteroatoms. The number of esters is 1. The Morgan fingerprint density at radius 3 is 1.31 bits per heavy atom. The van der Waals surface area contributed by atoms with Gasteiger partial charge in [-0.2, -0.15) is 0 Å². The van der Waals surface area contributed by atoms with Crippen molar-refractivity contribution >= 4 is 89.6 Å². The fraction of sp³-hybridized carbons (Fsp3) is 0.612. The molecule has 17 N–H and O–H groups in total. The van der Waals surface area contributed by atoms with Gasteiger partial charge in [0.2, 0.25) is 47.3 Å². The van der Waals surface area contributed by atoms with Gasteiger partial charge in [-0.25, -0.2) is 37.5 Å². The summed E-state index contributed by atoms with van der Waals surface area (Å²) in [4.78, 5) is 213. The number of carbonyl (C=O) groups is 15.